The highest BCUT2D eigenvalue weighted by atomic mass is 35.5. The van der Waals surface area contributed by atoms with E-state index in [1.807, 2.05) is 9.80 Å². The lowest BCUT2D eigenvalue weighted by molar-refractivity contribution is 0.0564. The van der Waals surface area contributed by atoms with Crippen LogP contribution in [-0.2, 0) is 10.0 Å². The van der Waals surface area contributed by atoms with Crippen LogP contribution in [0.3, 0.4) is 0 Å². The molecule has 2 aromatic heterocycles. The second-order valence-electron chi connectivity index (χ2n) is 10.7. The number of halogens is 4. The number of fused-ring (bicyclic) bond motifs is 1. The van der Waals surface area contributed by atoms with Crippen molar-refractivity contribution in [1.82, 2.24) is 29.3 Å². The number of aliphatic hydroxyl groups excluding tert-OH is 1. The Kier molecular flexibility index (Phi) is 8.63. The zero-order valence-electron chi connectivity index (χ0n) is 22.8. The molecule has 2 fully saturated rings. The van der Waals surface area contributed by atoms with E-state index in [-0.39, 0.29) is 35.5 Å². The molecule has 5 heterocycles. The van der Waals surface area contributed by atoms with Gasteiger partial charge >= 0.3 is 6.55 Å². The molecule has 6 rings (SSSR count). The molecule has 0 saturated carbocycles. The van der Waals surface area contributed by atoms with Gasteiger partial charge in [-0.25, -0.2) is 27.2 Å². The molecule has 230 valence electrons. The van der Waals surface area contributed by atoms with Crippen LogP contribution in [0.5, 0.6) is 0 Å². The Morgan fingerprint density at radius 2 is 2.00 bits per heavy atom. The van der Waals surface area contributed by atoms with Gasteiger partial charge in [-0.1, -0.05) is 17.7 Å². The number of nitrogens with one attached hydrogen (secondary N) is 1. The predicted octanol–water partition coefficient (Wildman–Crippen LogP) is 3.89. The minimum atomic E-state index is -3.70. The van der Waals surface area contributed by atoms with Gasteiger partial charge in [0.2, 0.25) is 10.0 Å². The maximum atomic E-state index is 14.0. The summed E-state index contributed by atoms with van der Waals surface area (Å²) >= 11 is 7.84. The van der Waals surface area contributed by atoms with Crippen molar-refractivity contribution in [2.24, 2.45) is 4.99 Å². The Balaban J connectivity index is 1.36. The Bertz CT molecular complexity index is 1640. The fraction of sp³-hybridized carbons (Fsp3) is 0.444. The van der Waals surface area contributed by atoms with Crippen molar-refractivity contribution in [3.05, 3.63) is 74.8 Å². The lowest BCUT2D eigenvalue weighted by atomic mass is 9.92. The van der Waals surface area contributed by atoms with Crippen LogP contribution in [-0.4, -0.2) is 88.0 Å². The molecular formula is C27H29ClF3N7O3S2. The number of alkyl halides is 2. The van der Waals surface area contributed by atoms with Crippen LogP contribution >= 0.6 is 22.9 Å². The monoisotopic (exact) mass is 655 g/mol. The number of thiazole rings is 1. The van der Waals surface area contributed by atoms with Crippen LogP contribution < -0.4 is 4.72 Å². The Hall–Kier alpha value is -2.82. The Labute approximate surface area is 255 Å². The number of rotatable bonds is 9. The van der Waals surface area contributed by atoms with Crippen LogP contribution in [0.2, 0.25) is 5.02 Å². The lowest BCUT2D eigenvalue weighted by Crippen LogP contribution is -2.43. The van der Waals surface area contributed by atoms with Crippen LogP contribution in [0.25, 0.3) is 5.57 Å². The number of benzene rings is 1. The molecule has 0 bridgehead atoms. The van der Waals surface area contributed by atoms with Crippen LogP contribution in [0, 0.1) is 5.82 Å². The number of aromatic nitrogens is 3. The molecule has 3 aliphatic heterocycles. The minimum absolute atomic E-state index is 0.104. The SMILES string of the molecule is O=S(=O)(CCN1CCC(O)CC1)N[C@H]1CC2=C(c3ccn(C(F)F)n3)[C@H](c3ccc(F)cc3Cl)N=C(c3nccs3)N2C1. The molecule has 3 aromatic rings. The maximum Gasteiger partial charge on any atom is 0.333 e. The summed E-state index contributed by atoms with van der Waals surface area (Å²) in [5, 5.41) is 16.3. The van der Waals surface area contributed by atoms with Crippen molar-refractivity contribution in [2.75, 3.05) is 31.9 Å². The van der Waals surface area contributed by atoms with Crippen molar-refractivity contribution >= 4 is 44.4 Å². The van der Waals surface area contributed by atoms with E-state index in [1.165, 1.54) is 29.5 Å². The predicted molar refractivity (Wildman–Crippen MR) is 157 cm³/mol. The third kappa shape index (κ3) is 6.51. The molecule has 2 saturated heterocycles. The standard InChI is InChI=1S/C27H29ClF3N7O3S2/c28-20-13-16(29)1-2-19(20)24-23(21-5-9-38(34-21)27(30)31)22-14-17(15-37(22)25(33-24)26-32-6-11-42-26)35-43(40,41)12-10-36-7-3-18(39)4-8-36/h1-2,5-6,9,11,13,17-18,24,27,35,39H,3-4,7-8,10,12,14-15H2/t17-,24-/m0/s1. The molecule has 2 N–H and O–H groups in total. The maximum absolute atomic E-state index is 14.0. The molecule has 0 radical (unpaired) electrons. The van der Waals surface area contributed by atoms with E-state index < -0.39 is 34.5 Å². The number of hydrogen-bond acceptors (Lipinski definition) is 9. The first-order valence-electron chi connectivity index (χ1n) is 13.8. The normalized spacial score (nSPS) is 22.0. The largest absolute Gasteiger partial charge is 0.393 e. The summed E-state index contributed by atoms with van der Waals surface area (Å²) in [5.41, 5.74) is 1.79. The number of hydrogen-bond donors (Lipinski definition) is 2. The molecule has 43 heavy (non-hydrogen) atoms. The topological polar surface area (TPSA) is 116 Å². The lowest BCUT2D eigenvalue weighted by Gasteiger charge is -2.32. The summed E-state index contributed by atoms with van der Waals surface area (Å²) in [6.45, 7) is -1.03. The first-order valence-corrected chi connectivity index (χ1v) is 16.7. The number of likely N-dealkylation sites (tertiary alicyclic amines) is 1. The average molecular weight is 656 g/mol. The first kappa shape index (κ1) is 30.2. The van der Waals surface area contributed by atoms with E-state index in [9.17, 15) is 26.7 Å². The molecule has 3 aliphatic rings. The highest BCUT2D eigenvalue weighted by molar-refractivity contribution is 7.89. The van der Waals surface area contributed by atoms with E-state index in [2.05, 4.69) is 14.8 Å². The van der Waals surface area contributed by atoms with E-state index in [4.69, 9.17) is 16.6 Å². The van der Waals surface area contributed by atoms with Crippen LogP contribution in [0.4, 0.5) is 13.2 Å². The van der Waals surface area contributed by atoms with Gasteiger partial charge in [0, 0.05) is 78.3 Å². The van der Waals surface area contributed by atoms with Crippen LogP contribution in [0.15, 0.2) is 52.7 Å². The van der Waals surface area contributed by atoms with Gasteiger partial charge < -0.3 is 14.9 Å². The molecule has 1 aromatic carbocycles. The molecule has 10 nitrogen and oxygen atoms in total. The molecular weight excluding hydrogens is 627 g/mol. The quantitative estimate of drug-likeness (QED) is 0.359. The van der Waals surface area contributed by atoms with Gasteiger partial charge in [0.25, 0.3) is 0 Å². The van der Waals surface area contributed by atoms with E-state index in [0.717, 1.165) is 12.3 Å². The molecule has 0 aliphatic carbocycles. The summed E-state index contributed by atoms with van der Waals surface area (Å²) in [4.78, 5) is 13.3. The summed E-state index contributed by atoms with van der Waals surface area (Å²) in [7, 11) is -3.70. The highest BCUT2D eigenvalue weighted by Gasteiger charge is 2.42. The number of nitrogens with zero attached hydrogens (tertiary/aromatic N) is 6. The van der Waals surface area contributed by atoms with E-state index in [1.54, 1.807) is 11.6 Å². The molecule has 16 heteroatoms. The first-order chi connectivity index (χ1) is 20.6. The molecule has 0 spiro atoms. The fourth-order valence-electron chi connectivity index (χ4n) is 5.74. The Morgan fingerprint density at radius 3 is 2.67 bits per heavy atom. The number of piperidine rings is 1. The van der Waals surface area contributed by atoms with Gasteiger partial charge in [0.15, 0.2) is 10.8 Å². The highest BCUT2D eigenvalue weighted by Crippen LogP contribution is 2.46. The van der Waals surface area contributed by atoms with Gasteiger partial charge in [0.1, 0.15) is 11.9 Å². The number of aliphatic imine (C=N–C) groups is 1. The smallest absolute Gasteiger partial charge is 0.333 e. The van der Waals surface area contributed by atoms with E-state index >= 15 is 0 Å². The molecule has 0 unspecified atom stereocenters. The van der Waals surface area contributed by atoms with Gasteiger partial charge in [-0.15, -0.1) is 11.3 Å². The van der Waals surface area contributed by atoms with Crippen LogP contribution in [0.1, 0.15) is 48.1 Å². The van der Waals surface area contributed by atoms with Gasteiger partial charge in [-0.2, -0.15) is 13.9 Å². The average Bonchev–Trinajstić information content (AvgIpc) is 3.73. The zero-order valence-corrected chi connectivity index (χ0v) is 25.2. The van der Waals surface area contributed by atoms with Gasteiger partial charge in [-0.05, 0) is 31.0 Å². The van der Waals surface area contributed by atoms with Gasteiger partial charge in [0.05, 0.1) is 17.6 Å². The number of sulfonamides is 1. The van der Waals surface area contributed by atoms with Crippen molar-refractivity contribution in [3.8, 4) is 0 Å². The zero-order chi connectivity index (χ0) is 30.3. The van der Waals surface area contributed by atoms with Gasteiger partial charge in [-0.3, -0.25) is 4.99 Å². The molecule has 0 amide bonds. The minimum Gasteiger partial charge on any atom is -0.393 e. The van der Waals surface area contributed by atoms with Crippen molar-refractivity contribution in [1.29, 1.82) is 0 Å². The second-order valence-corrected chi connectivity index (χ2v) is 13.9. The summed E-state index contributed by atoms with van der Waals surface area (Å²) in [5.74, 6) is -0.172. The number of aliphatic hydroxyl groups is 1. The second kappa shape index (κ2) is 12.3. The third-order valence-electron chi connectivity index (χ3n) is 7.80. The van der Waals surface area contributed by atoms with Crippen molar-refractivity contribution in [3.63, 3.8) is 0 Å². The Morgan fingerprint density at radius 1 is 1.21 bits per heavy atom. The summed E-state index contributed by atoms with van der Waals surface area (Å²) < 4.78 is 70.9. The fourth-order valence-corrected chi connectivity index (χ4v) is 7.93. The van der Waals surface area contributed by atoms with E-state index in [0.29, 0.717) is 64.8 Å². The summed E-state index contributed by atoms with van der Waals surface area (Å²) in [6, 6.07) is 3.97. The van der Waals surface area contributed by atoms with Crippen molar-refractivity contribution in [2.45, 2.75) is 44.0 Å². The van der Waals surface area contributed by atoms with Crippen molar-refractivity contribution < 1.29 is 26.7 Å². The molecule has 2 atom stereocenters. The third-order valence-corrected chi connectivity index (χ3v) is 10.3. The summed E-state index contributed by atoms with van der Waals surface area (Å²) in [6.07, 6.45) is 3.89. The number of amidine groups is 1.